The zero-order valence-corrected chi connectivity index (χ0v) is 5.56. The van der Waals surface area contributed by atoms with Gasteiger partial charge in [0.1, 0.15) is 0 Å². The Labute approximate surface area is 58.2 Å². The van der Waals surface area contributed by atoms with E-state index in [9.17, 15) is 9.18 Å². The maximum atomic E-state index is 13.0. The smallest absolute Gasteiger partial charge is 0.342 e. The highest BCUT2D eigenvalue weighted by atomic mass is 19.1. The SMILES string of the molecule is O=C(O)C1(F)CCCNC1. The van der Waals surface area contributed by atoms with Crippen LogP contribution in [0.25, 0.3) is 0 Å². The first kappa shape index (κ1) is 7.47. The van der Waals surface area contributed by atoms with Crippen LogP contribution in [0.4, 0.5) is 4.39 Å². The zero-order chi connectivity index (χ0) is 7.61. The number of rotatable bonds is 1. The summed E-state index contributed by atoms with van der Waals surface area (Å²) in [4.78, 5) is 10.3. The molecule has 0 aliphatic carbocycles. The standard InChI is InChI=1S/C6H10FNO2/c7-6(5(9)10)2-1-3-8-4-6/h8H,1-4H2,(H,9,10). The molecular weight excluding hydrogens is 137 g/mol. The molecule has 1 fully saturated rings. The second-order valence-electron chi connectivity index (χ2n) is 2.55. The molecule has 10 heavy (non-hydrogen) atoms. The fourth-order valence-corrected chi connectivity index (χ4v) is 1.05. The largest absolute Gasteiger partial charge is 0.479 e. The molecule has 0 amide bonds. The van der Waals surface area contributed by atoms with E-state index in [1.807, 2.05) is 0 Å². The van der Waals surface area contributed by atoms with Gasteiger partial charge < -0.3 is 10.4 Å². The fourth-order valence-electron chi connectivity index (χ4n) is 1.05. The van der Waals surface area contributed by atoms with Crippen molar-refractivity contribution in [3.63, 3.8) is 0 Å². The van der Waals surface area contributed by atoms with Gasteiger partial charge in [-0.2, -0.15) is 0 Å². The number of halogens is 1. The second-order valence-corrected chi connectivity index (χ2v) is 2.55. The second kappa shape index (κ2) is 2.54. The summed E-state index contributed by atoms with van der Waals surface area (Å²) in [6.07, 6.45) is 0.734. The predicted molar refractivity (Wildman–Crippen MR) is 33.6 cm³/mol. The Balaban J connectivity index is 2.56. The van der Waals surface area contributed by atoms with Crippen molar-refractivity contribution in [2.75, 3.05) is 13.1 Å². The Hall–Kier alpha value is -0.640. The molecule has 1 atom stereocenters. The number of aliphatic carboxylic acids is 1. The topological polar surface area (TPSA) is 49.3 Å². The number of carboxylic acids is 1. The minimum Gasteiger partial charge on any atom is -0.479 e. The van der Waals surface area contributed by atoms with Gasteiger partial charge in [0, 0.05) is 6.54 Å². The fraction of sp³-hybridized carbons (Fsp3) is 0.833. The van der Waals surface area contributed by atoms with Gasteiger partial charge >= 0.3 is 5.97 Å². The van der Waals surface area contributed by atoms with Crippen molar-refractivity contribution in [2.24, 2.45) is 0 Å². The number of hydrogen-bond donors (Lipinski definition) is 2. The summed E-state index contributed by atoms with van der Waals surface area (Å²) in [5, 5.41) is 11.1. The molecule has 0 saturated carbocycles. The van der Waals surface area contributed by atoms with Gasteiger partial charge in [0.15, 0.2) is 0 Å². The van der Waals surface area contributed by atoms with Gasteiger partial charge in [0.05, 0.1) is 0 Å². The summed E-state index contributed by atoms with van der Waals surface area (Å²) < 4.78 is 13.0. The Bertz CT molecular complexity index is 143. The van der Waals surface area contributed by atoms with Gasteiger partial charge in [-0.05, 0) is 19.4 Å². The summed E-state index contributed by atoms with van der Waals surface area (Å²) in [5.74, 6) is -1.35. The molecule has 1 aliphatic rings. The van der Waals surface area contributed by atoms with Crippen LogP contribution < -0.4 is 5.32 Å². The predicted octanol–water partition coefficient (Wildman–Crippen LogP) is 0.163. The van der Waals surface area contributed by atoms with Crippen molar-refractivity contribution in [1.82, 2.24) is 5.32 Å². The number of piperidine rings is 1. The lowest BCUT2D eigenvalue weighted by molar-refractivity contribution is -0.152. The lowest BCUT2D eigenvalue weighted by Gasteiger charge is -2.25. The van der Waals surface area contributed by atoms with Crippen molar-refractivity contribution in [3.05, 3.63) is 0 Å². The zero-order valence-electron chi connectivity index (χ0n) is 5.56. The summed E-state index contributed by atoms with van der Waals surface area (Å²) in [5.41, 5.74) is -2.02. The van der Waals surface area contributed by atoms with Crippen LogP contribution >= 0.6 is 0 Å². The number of carboxylic acid groups (broad SMARTS) is 1. The normalized spacial score (nSPS) is 33.7. The van der Waals surface area contributed by atoms with Crippen molar-refractivity contribution < 1.29 is 14.3 Å². The molecule has 0 radical (unpaired) electrons. The van der Waals surface area contributed by atoms with Crippen LogP contribution in [0, 0.1) is 0 Å². The van der Waals surface area contributed by atoms with Gasteiger partial charge in [0.25, 0.3) is 0 Å². The van der Waals surface area contributed by atoms with Crippen molar-refractivity contribution in [2.45, 2.75) is 18.5 Å². The molecule has 1 saturated heterocycles. The third kappa shape index (κ3) is 1.26. The van der Waals surface area contributed by atoms with E-state index in [1.54, 1.807) is 0 Å². The van der Waals surface area contributed by atoms with Gasteiger partial charge in [-0.3, -0.25) is 0 Å². The van der Waals surface area contributed by atoms with Crippen molar-refractivity contribution in [1.29, 1.82) is 0 Å². The molecule has 0 aromatic heterocycles. The third-order valence-corrected chi connectivity index (χ3v) is 1.72. The third-order valence-electron chi connectivity index (χ3n) is 1.72. The summed E-state index contributed by atoms with van der Waals surface area (Å²) >= 11 is 0. The molecule has 1 heterocycles. The highest BCUT2D eigenvalue weighted by Gasteiger charge is 2.39. The van der Waals surface area contributed by atoms with Crippen LogP contribution in [0.3, 0.4) is 0 Å². The molecule has 3 nitrogen and oxygen atoms in total. The first-order valence-electron chi connectivity index (χ1n) is 3.28. The number of nitrogens with one attached hydrogen (secondary N) is 1. The van der Waals surface area contributed by atoms with Crippen LogP contribution in [-0.2, 0) is 4.79 Å². The van der Waals surface area contributed by atoms with E-state index in [2.05, 4.69) is 5.32 Å². The lowest BCUT2D eigenvalue weighted by atomic mass is 9.97. The molecule has 1 unspecified atom stereocenters. The molecule has 0 bridgehead atoms. The van der Waals surface area contributed by atoms with E-state index in [4.69, 9.17) is 5.11 Å². The summed E-state index contributed by atoms with van der Waals surface area (Å²) in [6.45, 7) is 0.668. The Kier molecular flexibility index (Phi) is 1.89. The number of alkyl halides is 1. The van der Waals surface area contributed by atoms with E-state index in [1.165, 1.54) is 0 Å². The molecule has 0 aromatic carbocycles. The average Bonchev–Trinajstić information content (AvgIpc) is 1.89. The summed E-state index contributed by atoms with van der Waals surface area (Å²) in [7, 11) is 0. The maximum absolute atomic E-state index is 13.0. The van der Waals surface area contributed by atoms with Crippen molar-refractivity contribution >= 4 is 5.97 Å². The molecule has 0 spiro atoms. The minimum atomic E-state index is -2.02. The van der Waals surface area contributed by atoms with E-state index < -0.39 is 11.6 Å². The van der Waals surface area contributed by atoms with Gasteiger partial charge in [0.2, 0.25) is 5.67 Å². The highest BCUT2D eigenvalue weighted by Crippen LogP contribution is 2.20. The quantitative estimate of drug-likeness (QED) is 0.555. The lowest BCUT2D eigenvalue weighted by Crippen LogP contribution is -2.47. The van der Waals surface area contributed by atoms with E-state index in [0.717, 1.165) is 6.54 Å². The average molecular weight is 147 g/mol. The van der Waals surface area contributed by atoms with Gasteiger partial charge in [-0.15, -0.1) is 0 Å². The minimum absolute atomic E-state index is 0.0532. The van der Waals surface area contributed by atoms with Crippen molar-refractivity contribution in [3.8, 4) is 0 Å². The molecule has 4 heteroatoms. The first-order valence-corrected chi connectivity index (χ1v) is 3.28. The van der Waals surface area contributed by atoms with E-state index in [-0.39, 0.29) is 13.0 Å². The monoisotopic (exact) mass is 147 g/mol. The molecule has 1 rings (SSSR count). The highest BCUT2D eigenvalue weighted by molar-refractivity contribution is 5.77. The Morgan fingerprint density at radius 2 is 2.40 bits per heavy atom. The van der Waals surface area contributed by atoms with Gasteiger partial charge in [-0.1, -0.05) is 0 Å². The molecule has 2 N–H and O–H groups in total. The Morgan fingerprint density at radius 3 is 2.70 bits per heavy atom. The van der Waals surface area contributed by atoms with E-state index >= 15 is 0 Å². The van der Waals surface area contributed by atoms with Crippen LogP contribution in [0.15, 0.2) is 0 Å². The number of hydrogen-bond acceptors (Lipinski definition) is 2. The maximum Gasteiger partial charge on any atom is 0.342 e. The van der Waals surface area contributed by atoms with Crippen LogP contribution in [-0.4, -0.2) is 29.8 Å². The number of carbonyl (C=O) groups is 1. The van der Waals surface area contributed by atoms with E-state index in [0.29, 0.717) is 6.42 Å². The summed E-state index contributed by atoms with van der Waals surface area (Å²) in [6, 6.07) is 0. The van der Waals surface area contributed by atoms with Crippen LogP contribution in [0.1, 0.15) is 12.8 Å². The molecule has 0 aromatic rings. The molecule has 58 valence electrons. The van der Waals surface area contributed by atoms with Crippen LogP contribution in [0.2, 0.25) is 0 Å². The van der Waals surface area contributed by atoms with Crippen LogP contribution in [0.5, 0.6) is 0 Å². The molecule has 1 aliphatic heterocycles. The van der Waals surface area contributed by atoms with Gasteiger partial charge in [-0.25, -0.2) is 9.18 Å². The Morgan fingerprint density at radius 1 is 1.70 bits per heavy atom. The first-order chi connectivity index (χ1) is 4.65. The molecular formula is C6H10FNO2.